The summed E-state index contributed by atoms with van der Waals surface area (Å²) < 4.78 is 1.87. The molecule has 0 aromatic carbocycles. The Kier molecular flexibility index (Phi) is 3.46. The van der Waals surface area contributed by atoms with Crippen LogP contribution in [0.1, 0.15) is 18.9 Å². The van der Waals surface area contributed by atoms with Gasteiger partial charge in [0.05, 0.1) is 6.20 Å². The maximum absolute atomic E-state index is 4.19. The van der Waals surface area contributed by atoms with Crippen molar-refractivity contribution in [2.24, 2.45) is 13.0 Å². The second kappa shape index (κ2) is 4.66. The molecule has 3 nitrogen and oxygen atoms in total. The summed E-state index contributed by atoms with van der Waals surface area (Å²) in [6.45, 7) is 5.71. The Morgan fingerprint density at radius 2 is 2.40 bits per heavy atom. The van der Waals surface area contributed by atoms with Crippen LogP contribution in [-0.4, -0.2) is 32.6 Å². The zero-order valence-corrected chi connectivity index (χ0v) is 10.9. The number of rotatable bonds is 2. The molecule has 0 spiro atoms. The summed E-state index contributed by atoms with van der Waals surface area (Å²) in [4.78, 5) is 3.14. The number of likely N-dealkylation sites (tertiary alicyclic amines) is 1. The van der Waals surface area contributed by atoms with Crippen LogP contribution in [0.3, 0.4) is 0 Å². The van der Waals surface area contributed by atoms with Gasteiger partial charge in [-0.2, -0.15) is 5.10 Å². The van der Waals surface area contributed by atoms with Crippen LogP contribution in [0.4, 0.5) is 0 Å². The van der Waals surface area contributed by atoms with Gasteiger partial charge in [-0.25, -0.2) is 0 Å². The number of aryl methyl sites for hydroxylation is 1. The fraction of sp³-hybridized carbons (Fsp3) is 0.727. The van der Waals surface area contributed by atoms with Crippen molar-refractivity contribution < 1.29 is 0 Å². The van der Waals surface area contributed by atoms with E-state index in [1.165, 1.54) is 18.5 Å². The van der Waals surface area contributed by atoms with E-state index < -0.39 is 0 Å². The molecule has 2 rings (SSSR count). The van der Waals surface area contributed by atoms with Crippen LogP contribution in [0.2, 0.25) is 0 Å². The fourth-order valence-electron chi connectivity index (χ4n) is 2.04. The summed E-state index contributed by atoms with van der Waals surface area (Å²) in [5.74, 6) is 0.801. The van der Waals surface area contributed by atoms with Crippen molar-refractivity contribution >= 4 is 15.9 Å². The maximum atomic E-state index is 4.19. The van der Waals surface area contributed by atoms with Crippen LogP contribution in [0, 0.1) is 5.92 Å². The molecule has 0 amide bonds. The number of piperidine rings is 1. The van der Waals surface area contributed by atoms with Gasteiger partial charge in [0.1, 0.15) is 0 Å². The lowest BCUT2D eigenvalue weighted by Gasteiger charge is -2.33. The van der Waals surface area contributed by atoms with Gasteiger partial charge in [-0.15, -0.1) is 0 Å². The quantitative estimate of drug-likeness (QED) is 0.768. The smallest absolute Gasteiger partial charge is 0.0534 e. The predicted molar refractivity (Wildman–Crippen MR) is 65.0 cm³/mol. The van der Waals surface area contributed by atoms with Crippen LogP contribution < -0.4 is 0 Å². The Labute approximate surface area is 99.6 Å². The predicted octanol–water partition coefficient (Wildman–Crippen LogP) is 2.03. The monoisotopic (exact) mass is 271 g/mol. The Hall–Kier alpha value is -0.350. The van der Waals surface area contributed by atoms with Crippen LogP contribution in [0.25, 0.3) is 0 Å². The molecule has 4 heteroatoms. The molecule has 0 aliphatic carbocycles. The minimum Gasteiger partial charge on any atom is -0.298 e. The minimum atomic E-state index is 0.642. The number of alkyl halides is 1. The highest BCUT2D eigenvalue weighted by Crippen LogP contribution is 2.24. The summed E-state index contributed by atoms with van der Waals surface area (Å²) in [5, 5.41) is 4.19. The largest absolute Gasteiger partial charge is 0.298 e. The molecule has 1 aromatic rings. The zero-order valence-electron chi connectivity index (χ0n) is 9.36. The Morgan fingerprint density at radius 1 is 1.60 bits per heavy atom. The SMILES string of the molecule is CC1CCN(Cc2cnn(C)c2)CC1Br. The number of hydrogen-bond donors (Lipinski definition) is 0. The van der Waals surface area contributed by atoms with E-state index in [1.807, 2.05) is 17.9 Å². The van der Waals surface area contributed by atoms with E-state index >= 15 is 0 Å². The van der Waals surface area contributed by atoms with E-state index in [4.69, 9.17) is 0 Å². The lowest BCUT2D eigenvalue weighted by Crippen LogP contribution is -2.39. The van der Waals surface area contributed by atoms with E-state index in [0.717, 1.165) is 19.0 Å². The van der Waals surface area contributed by atoms with Gasteiger partial charge in [-0.3, -0.25) is 9.58 Å². The Morgan fingerprint density at radius 3 is 3.00 bits per heavy atom. The number of nitrogens with zero attached hydrogens (tertiary/aromatic N) is 3. The molecule has 2 heterocycles. The summed E-state index contributed by atoms with van der Waals surface area (Å²) >= 11 is 3.75. The molecule has 2 unspecified atom stereocenters. The van der Waals surface area contributed by atoms with Crippen molar-refractivity contribution in [3.63, 3.8) is 0 Å². The Bertz CT molecular complexity index is 323. The van der Waals surface area contributed by atoms with Crippen molar-refractivity contribution in [3.8, 4) is 0 Å². The highest BCUT2D eigenvalue weighted by molar-refractivity contribution is 9.09. The van der Waals surface area contributed by atoms with E-state index in [9.17, 15) is 0 Å². The third-order valence-corrected chi connectivity index (χ3v) is 4.31. The third-order valence-electron chi connectivity index (χ3n) is 3.12. The number of aromatic nitrogens is 2. The molecule has 1 fully saturated rings. The van der Waals surface area contributed by atoms with Crippen molar-refractivity contribution in [1.82, 2.24) is 14.7 Å². The second-order valence-corrected chi connectivity index (χ2v) is 5.72. The highest BCUT2D eigenvalue weighted by Gasteiger charge is 2.23. The molecule has 0 N–H and O–H groups in total. The number of halogens is 1. The first-order valence-corrected chi connectivity index (χ1v) is 6.40. The zero-order chi connectivity index (χ0) is 10.8. The van der Waals surface area contributed by atoms with Gasteiger partial charge in [0.25, 0.3) is 0 Å². The topological polar surface area (TPSA) is 21.1 Å². The minimum absolute atomic E-state index is 0.642. The van der Waals surface area contributed by atoms with Gasteiger partial charge in [-0.1, -0.05) is 22.9 Å². The summed E-state index contributed by atoms with van der Waals surface area (Å²) in [6.07, 6.45) is 5.35. The van der Waals surface area contributed by atoms with Crippen LogP contribution in [-0.2, 0) is 13.6 Å². The summed E-state index contributed by atoms with van der Waals surface area (Å²) in [5.41, 5.74) is 1.31. The van der Waals surface area contributed by atoms with Crippen molar-refractivity contribution in [1.29, 1.82) is 0 Å². The molecule has 2 atom stereocenters. The van der Waals surface area contributed by atoms with E-state index in [1.54, 1.807) is 0 Å². The van der Waals surface area contributed by atoms with Crippen LogP contribution in [0.5, 0.6) is 0 Å². The second-order valence-electron chi connectivity index (χ2n) is 4.54. The Balaban J connectivity index is 1.90. The van der Waals surface area contributed by atoms with Crippen LogP contribution in [0.15, 0.2) is 12.4 Å². The fourth-order valence-corrected chi connectivity index (χ4v) is 2.71. The number of hydrogen-bond acceptors (Lipinski definition) is 2. The average molecular weight is 272 g/mol. The van der Waals surface area contributed by atoms with Gasteiger partial charge in [0.15, 0.2) is 0 Å². The van der Waals surface area contributed by atoms with E-state index in [-0.39, 0.29) is 0 Å². The molecule has 1 aliphatic rings. The standard InChI is InChI=1S/C11H18BrN3/c1-9-3-4-15(8-11(9)12)7-10-5-13-14(2)6-10/h5-6,9,11H,3-4,7-8H2,1-2H3. The van der Waals surface area contributed by atoms with Gasteiger partial charge >= 0.3 is 0 Å². The van der Waals surface area contributed by atoms with Gasteiger partial charge in [0.2, 0.25) is 0 Å². The van der Waals surface area contributed by atoms with Gasteiger partial charge in [-0.05, 0) is 18.9 Å². The van der Waals surface area contributed by atoms with Gasteiger partial charge < -0.3 is 0 Å². The van der Waals surface area contributed by atoms with Crippen molar-refractivity contribution in [3.05, 3.63) is 18.0 Å². The first-order chi connectivity index (χ1) is 7.15. The molecule has 0 saturated carbocycles. The average Bonchev–Trinajstić information content (AvgIpc) is 2.58. The van der Waals surface area contributed by atoms with Crippen LogP contribution >= 0.6 is 15.9 Å². The summed E-state index contributed by atoms with van der Waals surface area (Å²) in [6, 6.07) is 0. The lowest BCUT2D eigenvalue weighted by atomic mass is 9.99. The van der Waals surface area contributed by atoms with Crippen molar-refractivity contribution in [2.75, 3.05) is 13.1 Å². The molecular weight excluding hydrogens is 254 g/mol. The molecule has 1 aromatic heterocycles. The summed E-state index contributed by atoms with van der Waals surface area (Å²) in [7, 11) is 1.97. The molecule has 15 heavy (non-hydrogen) atoms. The molecule has 1 saturated heterocycles. The highest BCUT2D eigenvalue weighted by atomic mass is 79.9. The molecule has 1 aliphatic heterocycles. The van der Waals surface area contributed by atoms with E-state index in [0.29, 0.717) is 4.83 Å². The first-order valence-electron chi connectivity index (χ1n) is 5.49. The lowest BCUT2D eigenvalue weighted by molar-refractivity contribution is 0.194. The third kappa shape index (κ3) is 2.82. The molecular formula is C11H18BrN3. The maximum Gasteiger partial charge on any atom is 0.0534 e. The molecule has 84 valence electrons. The molecule has 0 radical (unpaired) electrons. The normalized spacial score (nSPS) is 28.2. The van der Waals surface area contributed by atoms with E-state index in [2.05, 4.69) is 39.0 Å². The first kappa shape index (κ1) is 11.1. The van der Waals surface area contributed by atoms with Gasteiger partial charge in [0, 0.05) is 36.7 Å². The molecule has 0 bridgehead atoms. The van der Waals surface area contributed by atoms with Crippen molar-refractivity contribution in [2.45, 2.75) is 24.7 Å².